The van der Waals surface area contributed by atoms with Crippen molar-refractivity contribution in [3.63, 3.8) is 0 Å². The van der Waals surface area contributed by atoms with Crippen LogP contribution in [0.2, 0.25) is 0 Å². The first-order valence-electron chi connectivity index (χ1n) is 2.20. The smallest absolute Gasteiger partial charge is 0.395 e. The van der Waals surface area contributed by atoms with Crippen molar-refractivity contribution in [3.8, 4) is 0 Å². The fraction of sp³-hybridized carbons (Fsp3) is 0.333. The average molecular weight is 149 g/mol. The summed E-state index contributed by atoms with van der Waals surface area (Å²) in [6.07, 6.45) is -3.82. The van der Waals surface area contributed by atoms with Crippen LogP contribution in [-0.4, -0.2) is 18.6 Å². The number of primary amides is 2. The second-order valence-electron chi connectivity index (χ2n) is 1.24. The molecule has 2 amide bonds. The van der Waals surface area contributed by atoms with Crippen molar-refractivity contribution in [3.05, 3.63) is 0 Å². The van der Waals surface area contributed by atoms with Crippen LogP contribution in [0.3, 0.4) is 0 Å². The van der Waals surface area contributed by atoms with Gasteiger partial charge in [0.05, 0.1) is 0 Å². The number of amides is 2. The molecule has 0 radical (unpaired) electrons. The maximum absolute atomic E-state index is 9.88. The molecule has 10 heavy (non-hydrogen) atoms. The van der Waals surface area contributed by atoms with Crippen LogP contribution in [-0.2, 0) is 9.47 Å². The summed E-state index contributed by atoms with van der Waals surface area (Å²) in [5.74, 6) is 0. The molecular formula is C3H7N3O4. The Hall–Kier alpha value is -1.50. The first-order chi connectivity index (χ1) is 4.52. The zero-order valence-corrected chi connectivity index (χ0v) is 4.94. The Balaban J connectivity index is 3.53. The van der Waals surface area contributed by atoms with Crippen LogP contribution in [0, 0.1) is 0 Å². The molecule has 6 N–H and O–H groups in total. The van der Waals surface area contributed by atoms with Crippen molar-refractivity contribution in [2.45, 2.75) is 6.41 Å². The van der Waals surface area contributed by atoms with Gasteiger partial charge in [-0.25, -0.2) is 9.59 Å². The molecule has 0 spiro atoms. The Morgan fingerprint density at radius 2 is 1.40 bits per heavy atom. The number of hydrogen-bond donors (Lipinski definition) is 3. The van der Waals surface area contributed by atoms with Crippen LogP contribution >= 0.6 is 0 Å². The molecule has 0 aromatic rings. The number of hydrogen-bond acceptors (Lipinski definition) is 5. The summed E-state index contributed by atoms with van der Waals surface area (Å²) >= 11 is 0. The minimum atomic E-state index is -1.53. The fourth-order valence-electron chi connectivity index (χ4n) is 0.253. The molecular weight excluding hydrogens is 142 g/mol. The van der Waals surface area contributed by atoms with E-state index in [1.165, 1.54) is 0 Å². The molecule has 0 aliphatic carbocycles. The van der Waals surface area contributed by atoms with Crippen molar-refractivity contribution in [1.29, 1.82) is 0 Å². The maximum atomic E-state index is 9.88. The van der Waals surface area contributed by atoms with Gasteiger partial charge in [-0.05, 0) is 0 Å². The quantitative estimate of drug-likeness (QED) is 0.407. The number of nitrogens with two attached hydrogens (primary N) is 3. The van der Waals surface area contributed by atoms with Gasteiger partial charge < -0.3 is 20.9 Å². The van der Waals surface area contributed by atoms with E-state index in [1.807, 2.05) is 0 Å². The molecule has 0 saturated heterocycles. The minimum Gasteiger partial charge on any atom is -0.395 e. The molecule has 0 aliphatic heterocycles. The number of carbonyl (C=O) groups is 2. The SMILES string of the molecule is NC(=O)OC(N)OC(N)=O. The largest absolute Gasteiger partial charge is 0.408 e. The van der Waals surface area contributed by atoms with Gasteiger partial charge in [-0.15, -0.1) is 0 Å². The molecule has 58 valence electrons. The van der Waals surface area contributed by atoms with E-state index in [-0.39, 0.29) is 0 Å². The molecule has 0 aromatic carbocycles. The van der Waals surface area contributed by atoms with E-state index in [0.717, 1.165) is 0 Å². The van der Waals surface area contributed by atoms with Gasteiger partial charge in [0.2, 0.25) is 0 Å². The Morgan fingerprint density at radius 1 is 1.10 bits per heavy atom. The van der Waals surface area contributed by atoms with E-state index in [0.29, 0.717) is 0 Å². The molecule has 0 saturated carbocycles. The third kappa shape index (κ3) is 4.65. The predicted molar refractivity (Wildman–Crippen MR) is 29.3 cm³/mol. The van der Waals surface area contributed by atoms with E-state index >= 15 is 0 Å². The first kappa shape index (κ1) is 8.50. The van der Waals surface area contributed by atoms with Crippen molar-refractivity contribution >= 4 is 12.2 Å². The highest BCUT2D eigenvalue weighted by atomic mass is 16.7. The van der Waals surface area contributed by atoms with Gasteiger partial charge in [-0.2, -0.15) is 0 Å². The van der Waals surface area contributed by atoms with Gasteiger partial charge in [0, 0.05) is 0 Å². The predicted octanol–water partition coefficient (Wildman–Crippen LogP) is -1.58. The van der Waals surface area contributed by atoms with Gasteiger partial charge in [0.1, 0.15) is 0 Å². The lowest BCUT2D eigenvalue weighted by atomic mass is 11.0. The van der Waals surface area contributed by atoms with E-state index in [9.17, 15) is 9.59 Å². The lowest BCUT2D eigenvalue weighted by Gasteiger charge is -2.08. The Morgan fingerprint density at radius 3 is 1.60 bits per heavy atom. The van der Waals surface area contributed by atoms with Crippen molar-refractivity contribution < 1.29 is 19.1 Å². The van der Waals surface area contributed by atoms with Gasteiger partial charge in [-0.3, -0.25) is 5.73 Å². The molecule has 0 aliphatic rings. The average Bonchev–Trinajstić information content (AvgIpc) is 1.58. The molecule has 0 unspecified atom stereocenters. The second kappa shape index (κ2) is 3.51. The Kier molecular flexibility index (Phi) is 2.98. The third-order valence-corrected chi connectivity index (χ3v) is 0.465. The summed E-state index contributed by atoms with van der Waals surface area (Å²) in [5.41, 5.74) is 13.8. The summed E-state index contributed by atoms with van der Waals surface area (Å²) in [6.45, 7) is 0. The first-order valence-corrected chi connectivity index (χ1v) is 2.20. The van der Waals surface area contributed by atoms with Crippen molar-refractivity contribution in [2.24, 2.45) is 17.2 Å². The second-order valence-corrected chi connectivity index (χ2v) is 1.24. The number of rotatable bonds is 2. The Bertz CT molecular complexity index is 131. The zero-order valence-electron chi connectivity index (χ0n) is 4.94. The van der Waals surface area contributed by atoms with E-state index in [2.05, 4.69) is 20.9 Å². The zero-order chi connectivity index (χ0) is 8.15. The van der Waals surface area contributed by atoms with E-state index in [1.54, 1.807) is 0 Å². The number of ether oxygens (including phenoxy) is 2. The van der Waals surface area contributed by atoms with Crippen LogP contribution in [0.15, 0.2) is 0 Å². The van der Waals surface area contributed by atoms with Crippen LogP contribution in [0.1, 0.15) is 0 Å². The molecule has 0 atom stereocenters. The summed E-state index contributed by atoms with van der Waals surface area (Å²) < 4.78 is 7.91. The summed E-state index contributed by atoms with van der Waals surface area (Å²) in [5, 5.41) is 0. The van der Waals surface area contributed by atoms with Crippen LogP contribution < -0.4 is 17.2 Å². The van der Waals surface area contributed by atoms with E-state index in [4.69, 9.17) is 5.73 Å². The lowest BCUT2D eigenvalue weighted by molar-refractivity contribution is -0.0501. The molecule has 0 bridgehead atoms. The lowest BCUT2D eigenvalue weighted by Crippen LogP contribution is -2.36. The maximum Gasteiger partial charge on any atom is 0.408 e. The molecule has 7 nitrogen and oxygen atoms in total. The highest BCUT2D eigenvalue weighted by molar-refractivity contribution is 5.66. The monoisotopic (exact) mass is 149 g/mol. The highest BCUT2D eigenvalue weighted by Gasteiger charge is 2.08. The van der Waals surface area contributed by atoms with Gasteiger partial charge >= 0.3 is 18.6 Å². The van der Waals surface area contributed by atoms with Crippen LogP contribution in [0.4, 0.5) is 9.59 Å². The fourth-order valence-corrected chi connectivity index (χ4v) is 0.253. The van der Waals surface area contributed by atoms with Crippen LogP contribution in [0.25, 0.3) is 0 Å². The highest BCUT2D eigenvalue weighted by Crippen LogP contribution is 1.84. The summed E-state index contributed by atoms with van der Waals surface area (Å²) in [6, 6.07) is 0. The van der Waals surface area contributed by atoms with Gasteiger partial charge in [0.25, 0.3) is 0 Å². The van der Waals surface area contributed by atoms with Crippen LogP contribution in [0.5, 0.6) is 0 Å². The molecule has 7 heteroatoms. The molecule has 0 heterocycles. The van der Waals surface area contributed by atoms with E-state index < -0.39 is 18.6 Å². The molecule has 0 fully saturated rings. The standard InChI is InChI=1S/C3H7N3O4/c4-1(7)9-3(6)10-2(5)8/h3H,6H2,(H2,4,7)(H2,5,8). The van der Waals surface area contributed by atoms with Gasteiger partial charge in [0.15, 0.2) is 0 Å². The normalized spacial score (nSPS) is 9.00. The summed E-state index contributed by atoms with van der Waals surface area (Å²) in [7, 11) is 0. The number of carbonyl (C=O) groups excluding carboxylic acids is 2. The van der Waals surface area contributed by atoms with Crippen molar-refractivity contribution in [2.75, 3.05) is 0 Å². The topological polar surface area (TPSA) is 131 Å². The van der Waals surface area contributed by atoms with Crippen molar-refractivity contribution in [1.82, 2.24) is 0 Å². The molecule has 0 aromatic heterocycles. The Labute approximate surface area is 56.0 Å². The summed E-state index contributed by atoms with van der Waals surface area (Å²) in [4.78, 5) is 19.8. The third-order valence-electron chi connectivity index (χ3n) is 0.465. The van der Waals surface area contributed by atoms with Gasteiger partial charge in [-0.1, -0.05) is 0 Å². The minimum absolute atomic E-state index is 1.14. The molecule has 0 rings (SSSR count).